The molecule has 5 heteroatoms. The second-order valence-electron chi connectivity index (χ2n) is 7.24. The molecule has 1 saturated carbocycles. The summed E-state index contributed by atoms with van der Waals surface area (Å²) < 4.78 is 6.47. The van der Waals surface area contributed by atoms with Crippen LogP contribution in [0, 0.1) is 5.92 Å². The summed E-state index contributed by atoms with van der Waals surface area (Å²) in [7, 11) is 0. The molecular formula is C18H27BrN2O2. The number of hydrogen-bond donors (Lipinski definition) is 2. The molecule has 2 N–H and O–H groups in total. The molecule has 2 rings (SSSR count). The molecule has 0 aliphatic heterocycles. The van der Waals surface area contributed by atoms with Crippen molar-refractivity contribution in [3.05, 3.63) is 34.3 Å². The number of halogens is 1. The van der Waals surface area contributed by atoms with Crippen LogP contribution in [0.15, 0.2) is 28.7 Å². The summed E-state index contributed by atoms with van der Waals surface area (Å²) in [6, 6.07) is 8.54. The Kier molecular flexibility index (Phi) is 6.09. The largest absolute Gasteiger partial charge is 0.444 e. The van der Waals surface area contributed by atoms with Gasteiger partial charge in [-0.1, -0.05) is 34.1 Å². The van der Waals surface area contributed by atoms with E-state index in [9.17, 15) is 4.79 Å². The van der Waals surface area contributed by atoms with Crippen LogP contribution in [-0.2, 0) is 4.74 Å². The highest BCUT2D eigenvalue weighted by atomic mass is 79.9. The lowest BCUT2D eigenvalue weighted by atomic mass is 10.1. The lowest BCUT2D eigenvalue weighted by Crippen LogP contribution is -2.46. The maximum absolute atomic E-state index is 12.0. The van der Waals surface area contributed by atoms with E-state index in [0.717, 1.165) is 11.0 Å². The fraction of sp³-hybridized carbons (Fsp3) is 0.611. The van der Waals surface area contributed by atoms with E-state index < -0.39 is 5.60 Å². The molecular weight excluding hydrogens is 356 g/mol. The van der Waals surface area contributed by atoms with E-state index in [1.807, 2.05) is 39.0 Å². The molecule has 2 unspecified atom stereocenters. The van der Waals surface area contributed by atoms with Crippen LogP contribution in [0.4, 0.5) is 4.79 Å². The van der Waals surface area contributed by atoms with Crippen molar-refractivity contribution in [3.8, 4) is 0 Å². The molecule has 23 heavy (non-hydrogen) atoms. The number of carbonyl (C=O) groups is 1. The van der Waals surface area contributed by atoms with Crippen LogP contribution in [0.5, 0.6) is 0 Å². The van der Waals surface area contributed by atoms with Crippen LogP contribution in [-0.4, -0.2) is 24.3 Å². The molecule has 1 fully saturated rings. The zero-order chi connectivity index (χ0) is 17.0. The summed E-state index contributed by atoms with van der Waals surface area (Å²) in [5.41, 5.74) is 0.757. The highest BCUT2D eigenvalue weighted by Crippen LogP contribution is 2.33. The first-order valence-corrected chi connectivity index (χ1v) is 9.03. The second kappa shape index (κ2) is 7.67. The van der Waals surface area contributed by atoms with Gasteiger partial charge in [0.05, 0.1) is 0 Å². The van der Waals surface area contributed by atoms with Crippen molar-refractivity contribution in [2.24, 2.45) is 5.92 Å². The predicted octanol–water partition coefficient (Wildman–Crippen LogP) is 4.40. The predicted molar refractivity (Wildman–Crippen MR) is 96.4 cm³/mol. The minimum Gasteiger partial charge on any atom is -0.444 e. The van der Waals surface area contributed by atoms with Crippen LogP contribution in [0.2, 0.25) is 0 Å². The average Bonchev–Trinajstić information content (AvgIpc) is 3.26. The quantitative estimate of drug-likeness (QED) is 0.766. The van der Waals surface area contributed by atoms with Crippen LogP contribution >= 0.6 is 15.9 Å². The Labute approximate surface area is 147 Å². The van der Waals surface area contributed by atoms with E-state index in [1.165, 1.54) is 18.4 Å². The van der Waals surface area contributed by atoms with Crippen LogP contribution in [0.1, 0.15) is 52.1 Å². The van der Waals surface area contributed by atoms with Gasteiger partial charge in [-0.25, -0.2) is 4.79 Å². The van der Waals surface area contributed by atoms with Crippen LogP contribution in [0.25, 0.3) is 0 Å². The molecule has 1 amide bonds. The molecule has 1 aromatic carbocycles. The molecule has 0 radical (unpaired) electrons. The summed E-state index contributed by atoms with van der Waals surface area (Å²) in [5, 5.41) is 6.55. The number of carbonyl (C=O) groups excluding carboxylic acids is 1. The molecule has 2 atom stereocenters. The van der Waals surface area contributed by atoms with Crippen molar-refractivity contribution in [1.29, 1.82) is 0 Å². The Balaban J connectivity index is 1.88. The first-order chi connectivity index (χ1) is 10.8. The van der Waals surface area contributed by atoms with Crippen LogP contribution in [0.3, 0.4) is 0 Å². The average molecular weight is 383 g/mol. The number of rotatable bonds is 6. The third kappa shape index (κ3) is 6.15. The molecule has 0 saturated heterocycles. The fourth-order valence-corrected chi connectivity index (χ4v) is 3.16. The SMILES string of the molecule is CC(NCC(NC(=O)OC(C)(C)C)C1CC1)c1ccccc1Br. The molecule has 128 valence electrons. The van der Waals surface area contributed by atoms with Gasteiger partial charge in [0, 0.05) is 23.1 Å². The number of hydrogen-bond acceptors (Lipinski definition) is 3. The molecule has 0 heterocycles. The van der Waals surface area contributed by atoms with Gasteiger partial charge >= 0.3 is 6.09 Å². The first kappa shape index (κ1) is 18.3. The van der Waals surface area contributed by atoms with Gasteiger partial charge in [0.2, 0.25) is 0 Å². The number of alkyl carbamates (subject to hydrolysis) is 1. The van der Waals surface area contributed by atoms with E-state index in [1.54, 1.807) is 0 Å². The van der Waals surface area contributed by atoms with E-state index in [2.05, 4.69) is 39.6 Å². The Bertz CT molecular complexity index is 538. The number of amides is 1. The lowest BCUT2D eigenvalue weighted by Gasteiger charge is -2.25. The van der Waals surface area contributed by atoms with E-state index in [-0.39, 0.29) is 18.2 Å². The van der Waals surface area contributed by atoms with E-state index in [0.29, 0.717) is 5.92 Å². The van der Waals surface area contributed by atoms with Gasteiger partial charge in [-0.2, -0.15) is 0 Å². The van der Waals surface area contributed by atoms with Gasteiger partial charge in [0.1, 0.15) is 5.60 Å². The summed E-state index contributed by atoms with van der Waals surface area (Å²) in [6.07, 6.45) is 2.02. The molecule has 0 bridgehead atoms. The fourth-order valence-electron chi connectivity index (χ4n) is 2.53. The smallest absolute Gasteiger partial charge is 0.407 e. The van der Waals surface area contributed by atoms with Gasteiger partial charge < -0.3 is 15.4 Å². The number of ether oxygens (including phenoxy) is 1. The number of nitrogens with one attached hydrogen (secondary N) is 2. The maximum Gasteiger partial charge on any atom is 0.407 e. The Hall–Kier alpha value is -1.07. The Morgan fingerprint density at radius 1 is 1.35 bits per heavy atom. The van der Waals surface area contributed by atoms with Crippen molar-refractivity contribution < 1.29 is 9.53 Å². The second-order valence-corrected chi connectivity index (χ2v) is 8.10. The third-order valence-corrected chi connectivity index (χ3v) is 4.63. The minimum atomic E-state index is -0.464. The van der Waals surface area contributed by atoms with Gasteiger partial charge in [-0.05, 0) is 58.1 Å². The Morgan fingerprint density at radius 3 is 2.57 bits per heavy atom. The highest BCUT2D eigenvalue weighted by Gasteiger charge is 2.33. The summed E-state index contributed by atoms with van der Waals surface area (Å²) in [4.78, 5) is 12.0. The van der Waals surface area contributed by atoms with E-state index >= 15 is 0 Å². The van der Waals surface area contributed by atoms with Crippen LogP contribution < -0.4 is 10.6 Å². The third-order valence-electron chi connectivity index (χ3n) is 3.91. The minimum absolute atomic E-state index is 0.120. The van der Waals surface area contributed by atoms with Gasteiger partial charge in [-0.3, -0.25) is 0 Å². The topological polar surface area (TPSA) is 50.4 Å². The number of benzene rings is 1. The molecule has 1 aliphatic carbocycles. The molecule has 4 nitrogen and oxygen atoms in total. The van der Waals surface area contributed by atoms with Crippen molar-refractivity contribution in [2.45, 2.75) is 58.2 Å². The van der Waals surface area contributed by atoms with Crippen molar-refractivity contribution in [2.75, 3.05) is 6.54 Å². The normalized spacial score (nSPS) is 17.4. The van der Waals surface area contributed by atoms with Crippen molar-refractivity contribution in [3.63, 3.8) is 0 Å². The highest BCUT2D eigenvalue weighted by molar-refractivity contribution is 9.10. The molecule has 0 aromatic heterocycles. The zero-order valence-electron chi connectivity index (χ0n) is 14.4. The van der Waals surface area contributed by atoms with E-state index in [4.69, 9.17) is 4.74 Å². The molecule has 1 aliphatic rings. The molecule has 1 aromatic rings. The van der Waals surface area contributed by atoms with Gasteiger partial charge in [-0.15, -0.1) is 0 Å². The standard InChI is InChI=1S/C18H27BrN2O2/c1-12(14-7-5-6-8-15(14)19)20-11-16(13-9-10-13)21-17(22)23-18(2,3)4/h5-8,12-13,16,20H,9-11H2,1-4H3,(H,21,22). The summed E-state index contributed by atoms with van der Waals surface area (Å²) >= 11 is 3.59. The zero-order valence-corrected chi connectivity index (χ0v) is 15.9. The molecule has 0 spiro atoms. The van der Waals surface area contributed by atoms with Gasteiger partial charge in [0.25, 0.3) is 0 Å². The monoisotopic (exact) mass is 382 g/mol. The first-order valence-electron chi connectivity index (χ1n) is 8.23. The summed E-state index contributed by atoms with van der Waals surface area (Å²) in [5.74, 6) is 0.557. The van der Waals surface area contributed by atoms with Crippen molar-refractivity contribution >= 4 is 22.0 Å². The Morgan fingerprint density at radius 2 is 2.00 bits per heavy atom. The van der Waals surface area contributed by atoms with Gasteiger partial charge in [0.15, 0.2) is 0 Å². The van der Waals surface area contributed by atoms with Crippen molar-refractivity contribution in [1.82, 2.24) is 10.6 Å². The summed E-state index contributed by atoms with van der Waals surface area (Å²) in [6.45, 7) is 8.52. The lowest BCUT2D eigenvalue weighted by molar-refractivity contribution is 0.0497. The maximum atomic E-state index is 12.0.